The van der Waals surface area contributed by atoms with Gasteiger partial charge in [0.05, 0.1) is 17.4 Å². The maximum atomic E-state index is 12.2. The summed E-state index contributed by atoms with van der Waals surface area (Å²) < 4.78 is 22.7. The van der Waals surface area contributed by atoms with E-state index in [1.807, 2.05) is 0 Å². The molecule has 0 saturated carbocycles. The fourth-order valence-electron chi connectivity index (χ4n) is 2.84. The first-order valence-corrected chi connectivity index (χ1v) is 8.40. The number of hydrogen-bond donors (Lipinski definition) is 1. The van der Waals surface area contributed by atoms with Crippen molar-refractivity contribution in [1.29, 1.82) is 0 Å². The minimum Gasteiger partial charge on any atom is -0.481 e. The van der Waals surface area contributed by atoms with Crippen LogP contribution in [0, 0.1) is 11.8 Å². The first kappa shape index (κ1) is 14.3. The second-order valence-electron chi connectivity index (χ2n) is 5.47. The minimum absolute atomic E-state index is 0.0257. The van der Waals surface area contributed by atoms with E-state index < -0.39 is 15.8 Å². The number of nitrogens with zero attached hydrogens (tertiary/aromatic N) is 1. The van der Waals surface area contributed by atoms with E-state index in [4.69, 9.17) is 5.11 Å². The van der Waals surface area contributed by atoms with E-state index in [1.165, 1.54) is 0 Å². The number of rotatable bonds is 4. The number of sulfone groups is 1. The number of carboxylic acid groups (broad SMARTS) is 1. The maximum Gasteiger partial charge on any atom is 0.303 e. The van der Waals surface area contributed by atoms with Gasteiger partial charge in [-0.2, -0.15) is 0 Å². The third-order valence-corrected chi connectivity index (χ3v) is 5.71. The summed E-state index contributed by atoms with van der Waals surface area (Å²) in [4.78, 5) is 24.4. The molecule has 0 bridgehead atoms. The molecule has 0 aromatic carbocycles. The van der Waals surface area contributed by atoms with Crippen LogP contribution in [0.1, 0.15) is 25.7 Å². The molecule has 2 atom stereocenters. The van der Waals surface area contributed by atoms with E-state index in [1.54, 1.807) is 4.90 Å². The molecule has 19 heavy (non-hydrogen) atoms. The Labute approximate surface area is 112 Å². The lowest BCUT2D eigenvalue weighted by Gasteiger charge is -2.19. The van der Waals surface area contributed by atoms with Crippen LogP contribution in [0.5, 0.6) is 0 Å². The molecule has 0 spiro atoms. The van der Waals surface area contributed by atoms with Crippen LogP contribution in [-0.2, 0) is 19.4 Å². The molecule has 0 aromatic heterocycles. The molecule has 2 heterocycles. The molecule has 0 aliphatic carbocycles. The highest BCUT2D eigenvalue weighted by Crippen LogP contribution is 2.26. The van der Waals surface area contributed by atoms with E-state index in [9.17, 15) is 18.0 Å². The van der Waals surface area contributed by atoms with Crippen molar-refractivity contribution >= 4 is 21.7 Å². The quantitative estimate of drug-likeness (QED) is 0.794. The summed E-state index contributed by atoms with van der Waals surface area (Å²) in [6, 6.07) is 0. The molecule has 1 N–H and O–H groups in total. The van der Waals surface area contributed by atoms with Crippen LogP contribution in [-0.4, -0.2) is 54.9 Å². The van der Waals surface area contributed by atoms with Gasteiger partial charge in [0.2, 0.25) is 5.91 Å². The fourth-order valence-corrected chi connectivity index (χ4v) is 4.58. The Bertz CT molecular complexity index is 473. The van der Waals surface area contributed by atoms with Crippen molar-refractivity contribution in [3.05, 3.63) is 0 Å². The largest absolute Gasteiger partial charge is 0.481 e. The molecule has 2 aliphatic heterocycles. The van der Waals surface area contributed by atoms with Crippen molar-refractivity contribution in [1.82, 2.24) is 4.90 Å². The predicted octanol–water partition coefficient (Wildman–Crippen LogP) is 0.134. The van der Waals surface area contributed by atoms with Gasteiger partial charge in [-0.25, -0.2) is 8.42 Å². The highest BCUT2D eigenvalue weighted by molar-refractivity contribution is 7.91. The first-order chi connectivity index (χ1) is 8.87. The Morgan fingerprint density at radius 2 is 2.00 bits per heavy atom. The van der Waals surface area contributed by atoms with E-state index in [0.717, 1.165) is 6.42 Å². The molecule has 2 unspecified atom stereocenters. The molecular weight excluding hydrogens is 270 g/mol. The van der Waals surface area contributed by atoms with Crippen LogP contribution in [0.2, 0.25) is 0 Å². The topological polar surface area (TPSA) is 91.8 Å². The number of carbonyl (C=O) groups excluding carboxylic acids is 1. The normalized spacial score (nSPS) is 29.6. The number of carboxylic acids is 1. The van der Waals surface area contributed by atoms with Gasteiger partial charge in [0.25, 0.3) is 0 Å². The molecular formula is C12H19NO5S. The van der Waals surface area contributed by atoms with Crippen LogP contribution in [0.15, 0.2) is 0 Å². The van der Waals surface area contributed by atoms with Gasteiger partial charge in [0.15, 0.2) is 9.84 Å². The van der Waals surface area contributed by atoms with Crippen molar-refractivity contribution in [3.8, 4) is 0 Å². The summed E-state index contributed by atoms with van der Waals surface area (Å²) in [6.45, 7) is 1.20. The second kappa shape index (κ2) is 5.48. The summed E-state index contributed by atoms with van der Waals surface area (Å²) in [7, 11) is -3.03. The zero-order valence-electron chi connectivity index (χ0n) is 10.7. The Kier molecular flexibility index (Phi) is 4.13. The number of likely N-dealkylation sites (tertiary alicyclic amines) is 1. The van der Waals surface area contributed by atoms with Crippen molar-refractivity contribution in [2.24, 2.45) is 11.8 Å². The van der Waals surface area contributed by atoms with Crippen molar-refractivity contribution in [2.45, 2.75) is 25.7 Å². The molecule has 2 rings (SSSR count). The van der Waals surface area contributed by atoms with Gasteiger partial charge in [-0.05, 0) is 25.2 Å². The smallest absolute Gasteiger partial charge is 0.303 e. The average Bonchev–Trinajstić information content (AvgIpc) is 2.92. The Balaban J connectivity index is 1.84. The van der Waals surface area contributed by atoms with E-state index >= 15 is 0 Å². The highest BCUT2D eigenvalue weighted by Gasteiger charge is 2.37. The lowest BCUT2D eigenvalue weighted by Crippen LogP contribution is -2.35. The van der Waals surface area contributed by atoms with Gasteiger partial charge in [-0.1, -0.05) is 0 Å². The lowest BCUT2D eigenvalue weighted by molar-refractivity contribution is -0.137. The minimum atomic E-state index is -3.03. The van der Waals surface area contributed by atoms with E-state index in [-0.39, 0.29) is 35.7 Å². The standard InChI is InChI=1S/C12H19NO5S/c14-11(15)2-1-9-3-5-13(7-9)12(16)10-4-6-19(17,18)8-10/h9-10H,1-8H2,(H,14,15). The van der Waals surface area contributed by atoms with Crippen LogP contribution in [0.25, 0.3) is 0 Å². The van der Waals surface area contributed by atoms with Gasteiger partial charge in [-0.3, -0.25) is 9.59 Å². The summed E-state index contributed by atoms with van der Waals surface area (Å²) in [5.41, 5.74) is 0. The summed E-state index contributed by atoms with van der Waals surface area (Å²) in [6.07, 6.45) is 1.96. The third-order valence-electron chi connectivity index (χ3n) is 3.95. The fraction of sp³-hybridized carbons (Fsp3) is 0.833. The van der Waals surface area contributed by atoms with Gasteiger partial charge in [0.1, 0.15) is 0 Å². The highest BCUT2D eigenvalue weighted by atomic mass is 32.2. The lowest BCUT2D eigenvalue weighted by atomic mass is 10.0. The molecule has 2 fully saturated rings. The molecule has 6 nitrogen and oxygen atoms in total. The number of aliphatic carboxylic acids is 1. The van der Waals surface area contributed by atoms with Crippen LogP contribution in [0.3, 0.4) is 0 Å². The van der Waals surface area contributed by atoms with Crippen molar-refractivity contribution in [3.63, 3.8) is 0 Å². The zero-order valence-corrected chi connectivity index (χ0v) is 11.6. The molecule has 2 saturated heterocycles. The van der Waals surface area contributed by atoms with Gasteiger partial charge in [-0.15, -0.1) is 0 Å². The van der Waals surface area contributed by atoms with Crippen molar-refractivity contribution < 1.29 is 23.1 Å². The molecule has 108 valence electrons. The number of hydrogen-bond acceptors (Lipinski definition) is 4. The SMILES string of the molecule is O=C(O)CCC1CCN(C(=O)C2CCS(=O)(=O)C2)C1. The van der Waals surface area contributed by atoms with E-state index in [0.29, 0.717) is 25.9 Å². The predicted molar refractivity (Wildman–Crippen MR) is 68.3 cm³/mol. The maximum absolute atomic E-state index is 12.2. The second-order valence-corrected chi connectivity index (χ2v) is 7.70. The zero-order chi connectivity index (χ0) is 14.0. The van der Waals surface area contributed by atoms with Gasteiger partial charge < -0.3 is 10.0 Å². The van der Waals surface area contributed by atoms with Gasteiger partial charge >= 0.3 is 5.97 Å². The summed E-state index contributed by atoms with van der Waals surface area (Å²) in [5, 5.41) is 8.63. The van der Waals surface area contributed by atoms with Crippen molar-refractivity contribution in [2.75, 3.05) is 24.6 Å². The molecule has 1 amide bonds. The number of amides is 1. The monoisotopic (exact) mass is 289 g/mol. The van der Waals surface area contributed by atoms with Crippen LogP contribution >= 0.6 is 0 Å². The molecule has 2 aliphatic rings. The average molecular weight is 289 g/mol. The summed E-state index contributed by atoms with van der Waals surface area (Å²) in [5.74, 6) is -0.950. The molecule has 7 heteroatoms. The first-order valence-electron chi connectivity index (χ1n) is 6.58. The molecule has 0 radical (unpaired) electrons. The Morgan fingerprint density at radius 3 is 2.58 bits per heavy atom. The van der Waals surface area contributed by atoms with Gasteiger partial charge in [0, 0.05) is 19.5 Å². The molecule has 0 aromatic rings. The van der Waals surface area contributed by atoms with Crippen LogP contribution < -0.4 is 0 Å². The number of carbonyl (C=O) groups is 2. The Hall–Kier alpha value is -1.11. The Morgan fingerprint density at radius 1 is 1.26 bits per heavy atom. The van der Waals surface area contributed by atoms with Crippen LogP contribution in [0.4, 0.5) is 0 Å². The summed E-state index contributed by atoms with van der Waals surface area (Å²) >= 11 is 0. The van der Waals surface area contributed by atoms with E-state index in [2.05, 4.69) is 0 Å². The third kappa shape index (κ3) is 3.68.